The molecule has 1 heterocycles. The number of hydrogen-bond acceptors (Lipinski definition) is 3. The van der Waals surface area contributed by atoms with Crippen molar-refractivity contribution in [1.29, 1.82) is 0 Å². The summed E-state index contributed by atoms with van der Waals surface area (Å²) < 4.78 is 0. The van der Waals surface area contributed by atoms with Crippen molar-refractivity contribution in [3.8, 4) is 33.6 Å². The van der Waals surface area contributed by atoms with Gasteiger partial charge in [0.05, 0.1) is 11.0 Å². The van der Waals surface area contributed by atoms with Crippen LogP contribution >= 0.6 is 0 Å². The average Bonchev–Trinajstić information content (AvgIpc) is 3.38. The van der Waals surface area contributed by atoms with Crippen molar-refractivity contribution in [2.24, 2.45) is 0 Å². The lowest BCUT2D eigenvalue weighted by atomic mass is 9.85. The van der Waals surface area contributed by atoms with E-state index in [2.05, 4.69) is 107 Å². The number of benzene rings is 4. The highest BCUT2D eigenvalue weighted by Gasteiger charge is 2.18. The van der Waals surface area contributed by atoms with Gasteiger partial charge in [-0.3, -0.25) is 4.79 Å². The predicted molar refractivity (Wildman–Crippen MR) is 168 cm³/mol. The van der Waals surface area contributed by atoms with Crippen LogP contribution in [0.5, 0.6) is 0 Å². The first-order valence-corrected chi connectivity index (χ1v) is 13.9. The highest BCUT2D eigenvalue weighted by atomic mass is 16.2. The number of imidazole rings is 1. The number of aromatic nitrogens is 2. The van der Waals surface area contributed by atoms with E-state index in [-0.39, 0.29) is 17.4 Å². The van der Waals surface area contributed by atoms with Crippen LogP contribution in [0.3, 0.4) is 0 Å². The first kappa shape index (κ1) is 29.0. The zero-order chi connectivity index (χ0) is 29.1. The van der Waals surface area contributed by atoms with Gasteiger partial charge in [0.25, 0.3) is 0 Å². The highest BCUT2D eigenvalue weighted by molar-refractivity contribution is 6.02. The molecule has 4 aromatic carbocycles. The van der Waals surface area contributed by atoms with Crippen LogP contribution in [0.15, 0.2) is 84.9 Å². The van der Waals surface area contributed by atoms with E-state index in [0.29, 0.717) is 5.56 Å². The molecule has 0 unspecified atom stereocenters. The van der Waals surface area contributed by atoms with Crippen LogP contribution in [0, 0.1) is 0 Å². The number of rotatable bonds is 4. The second-order valence-electron chi connectivity index (χ2n) is 12.2. The van der Waals surface area contributed by atoms with Crippen LogP contribution in [0.4, 0.5) is 0 Å². The van der Waals surface area contributed by atoms with Crippen molar-refractivity contribution in [2.75, 3.05) is 6.61 Å². The summed E-state index contributed by atoms with van der Waals surface area (Å²) in [5.41, 5.74) is 10.9. The normalized spacial score (nSPS) is 11.7. The van der Waals surface area contributed by atoms with Crippen molar-refractivity contribution >= 4 is 17.3 Å². The van der Waals surface area contributed by atoms with E-state index in [1.807, 2.05) is 24.3 Å². The second kappa shape index (κ2) is 11.6. The zero-order valence-corrected chi connectivity index (χ0v) is 24.7. The van der Waals surface area contributed by atoms with E-state index < -0.39 is 0 Å². The molecule has 0 saturated carbocycles. The maximum atomic E-state index is 11.1. The SMILES string of the molecule is CC(C)(C)c1ccc(-c2ccc(-c3ccc(C(C)(C)C)cc3)c3[nH]c(-c4ccc(C=O)cc4)nc23)cc1.CCO. The first-order valence-electron chi connectivity index (χ1n) is 13.9. The molecule has 0 bridgehead atoms. The first-order chi connectivity index (χ1) is 19.0. The standard InChI is InChI=1S/C34H34N2O.C2H6O/c1-33(2,3)26-15-11-23(12-16-26)28-19-20-29(24-13-17-27(18-14-24)34(4,5)6)31-30(28)35-32(36-31)25-9-7-22(21-37)8-10-25;1-2-3/h7-21H,1-6H3,(H,35,36);3H,2H2,1H3. The molecule has 0 spiro atoms. The zero-order valence-electron chi connectivity index (χ0n) is 24.7. The minimum absolute atomic E-state index is 0.101. The third-order valence-corrected chi connectivity index (χ3v) is 7.09. The number of carbonyl (C=O) groups is 1. The predicted octanol–water partition coefficient (Wildman–Crippen LogP) is 8.97. The fraction of sp³-hybridized carbons (Fsp3) is 0.278. The summed E-state index contributed by atoms with van der Waals surface area (Å²) >= 11 is 0. The van der Waals surface area contributed by atoms with Gasteiger partial charge in [-0.25, -0.2) is 4.98 Å². The Morgan fingerprint density at radius 3 is 1.55 bits per heavy atom. The van der Waals surface area contributed by atoms with E-state index in [0.717, 1.165) is 51.0 Å². The molecule has 0 atom stereocenters. The summed E-state index contributed by atoms with van der Waals surface area (Å²) in [6, 6.07) is 29.6. The molecule has 0 radical (unpaired) electrons. The van der Waals surface area contributed by atoms with Gasteiger partial charge in [0, 0.05) is 28.9 Å². The van der Waals surface area contributed by atoms with E-state index in [9.17, 15) is 4.79 Å². The molecule has 5 aromatic rings. The molecular formula is C36H40N2O2. The number of nitrogens with one attached hydrogen (secondary N) is 1. The van der Waals surface area contributed by atoms with Gasteiger partial charge in [0.15, 0.2) is 0 Å². The largest absolute Gasteiger partial charge is 0.397 e. The number of aliphatic hydroxyl groups excluding tert-OH is 1. The topological polar surface area (TPSA) is 66.0 Å². The molecule has 0 aliphatic carbocycles. The molecule has 206 valence electrons. The maximum absolute atomic E-state index is 11.1. The number of H-pyrrole nitrogens is 1. The number of aldehydes is 1. The number of nitrogens with zero attached hydrogens (tertiary/aromatic N) is 1. The number of carbonyl (C=O) groups excluding carboxylic acids is 1. The molecule has 0 aliphatic heterocycles. The van der Waals surface area contributed by atoms with Gasteiger partial charge in [-0.2, -0.15) is 0 Å². The monoisotopic (exact) mass is 532 g/mol. The molecule has 0 amide bonds. The Morgan fingerprint density at radius 1 is 0.675 bits per heavy atom. The number of aromatic amines is 1. The summed E-state index contributed by atoms with van der Waals surface area (Å²) in [5, 5.41) is 7.57. The Bertz CT molecular complexity index is 1490. The molecule has 40 heavy (non-hydrogen) atoms. The van der Waals surface area contributed by atoms with E-state index in [1.165, 1.54) is 11.1 Å². The fourth-order valence-corrected chi connectivity index (χ4v) is 4.72. The van der Waals surface area contributed by atoms with Crippen molar-refractivity contribution in [3.05, 3.63) is 102 Å². The Kier molecular flexibility index (Phi) is 8.41. The van der Waals surface area contributed by atoms with Crippen LogP contribution in [-0.2, 0) is 10.8 Å². The maximum Gasteiger partial charge on any atom is 0.150 e. The lowest BCUT2D eigenvalue weighted by Gasteiger charge is -2.19. The number of fused-ring (bicyclic) bond motifs is 1. The minimum Gasteiger partial charge on any atom is -0.397 e. The van der Waals surface area contributed by atoms with Gasteiger partial charge in [0.2, 0.25) is 0 Å². The summed E-state index contributed by atoms with van der Waals surface area (Å²) in [4.78, 5) is 19.8. The molecule has 0 saturated heterocycles. The second-order valence-corrected chi connectivity index (χ2v) is 12.2. The molecule has 2 N–H and O–H groups in total. The Labute approximate surface area is 238 Å². The van der Waals surface area contributed by atoms with E-state index in [4.69, 9.17) is 10.1 Å². The third kappa shape index (κ3) is 6.24. The number of hydrogen-bond donors (Lipinski definition) is 2. The Balaban J connectivity index is 0.00000118. The van der Waals surface area contributed by atoms with Gasteiger partial charge in [-0.05, 0) is 40.0 Å². The van der Waals surface area contributed by atoms with Gasteiger partial charge < -0.3 is 10.1 Å². The van der Waals surface area contributed by atoms with Gasteiger partial charge >= 0.3 is 0 Å². The van der Waals surface area contributed by atoms with Gasteiger partial charge in [-0.15, -0.1) is 0 Å². The quantitative estimate of drug-likeness (QED) is 0.227. The smallest absolute Gasteiger partial charge is 0.150 e. The summed E-state index contributed by atoms with van der Waals surface area (Å²) in [7, 11) is 0. The van der Waals surface area contributed by atoms with Crippen molar-refractivity contribution in [1.82, 2.24) is 9.97 Å². The molecule has 0 aliphatic rings. The van der Waals surface area contributed by atoms with Gasteiger partial charge in [-0.1, -0.05) is 126 Å². The molecule has 5 rings (SSSR count). The van der Waals surface area contributed by atoms with E-state index in [1.54, 1.807) is 6.92 Å². The van der Waals surface area contributed by atoms with Crippen molar-refractivity contribution in [2.45, 2.75) is 59.3 Å². The highest BCUT2D eigenvalue weighted by Crippen LogP contribution is 2.37. The summed E-state index contributed by atoms with van der Waals surface area (Å²) in [6.45, 7) is 15.3. The van der Waals surface area contributed by atoms with Crippen molar-refractivity contribution in [3.63, 3.8) is 0 Å². The van der Waals surface area contributed by atoms with Crippen LogP contribution in [0.1, 0.15) is 70.0 Å². The average molecular weight is 533 g/mol. The Morgan fingerprint density at radius 2 is 1.10 bits per heavy atom. The lowest BCUT2D eigenvalue weighted by Crippen LogP contribution is -2.10. The summed E-state index contributed by atoms with van der Waals surface area (Å²) in [6.07, 6.45) is 0.862. The van der Waals surface area contributed by atoms with E-state index >= 15 is 0 Å². The lowest BCUT2D eigenvalue weighted by molar-refractivity contribution is 0.112. The molecular weight excluding hydrogens is 492 g/mol. The Hall–Kier alpha value is -4.02. The summed E-state index contributed by atoms with van der Waals surface area (Å²) in [5.74, 6) is 0.791. The van der Waals surface area contributed by atoms with Crippen LogP contribution in [0.2, 0.25) is 0 Å². The van der Waals surface area contributed by atoms with Crippen molar-refractivity contribution < 1.29 is 9.90 Å². The van der Waals surface area contributed by atoms with Crippen LogP contribution in [-0.4, -0.2) is 28.0 Å². The van der Waals surface area contributed by atoms with Crippen LogP contribution in [0.25, 0.3) is 44.7 Å². The molecule has 1 aromatic heterocycles. The third-order valence-electron chi connectivity index (χ3n) is 7.09. The molecule has 4 nitrogen and oxygen atoms in total. The molecule has 0 fully saturated rings. The fourth-order valence-electron chi connectivity index (χ4n) is 4.72. The van der Waals surface area contributed by atoms with Crippen LogP contribution < -0.4 is 0 Å². The number of aliphatic hydroxyl groups is 1. The molecule has 4 heteroatoms. The van der Waals surface area contributed by atoms with Gasteiger partial charge in [0.1, 0.15) is 12.1 Å². The minimum atomic E-state index is 0.101.